The summed E-state index contributed by atoms with van der Waals surface area (Å²) < 4.78 is 0. The number of hydrogen-bond donors (Lipinski definition) is 0. The van der Waals surface area contributed by atoms with E-state index in [2.05, 4.69) is 16.0 Å². The molecule has 0 fully saturated rings. The van der Waals surface area contributed by atoms with E-state index in [1.807, 2.05) is 54.8 Å². The molecule has 16 heavy (non-hydrogen) atoms. The van der Waals surface area contributed by atoms with Gasteiger partial charge in [0.2, 0.25) is 5.82 Å². The molecule has 0 N–H and O–H groups in total. The highest BCUT2D eigenvalue weighted by molar-refractivity contribution is 5.80. The van der Waals surface area contributed by atoms with Gasteiger partial charge in [-0.15, -0.1) is 0 Å². The van der Waals surface area contributed by atoms with Gasteiger partial charge in [0.15, 0.2) is 0 Å². The number of allylic oxidation sites excluding steroid dienone is 6. The van der Waals surface area contributed by atoms with Crippen LogP contribution in [-0.2, 0) is 0 Å². The Kier molecular flexibility index (Phi) is 2.06. The minimum Gasteiger partial charge on any atom is -0.223 e. The van der Waals surface area contributed by atoms with Crippen LogP contribution in [0.25, 0.3) is 16.5 Å². The van der Waals surface area contributed by atoms with Crippen molar-refractivity contribution < 1.29 is 0 Å². The van der Waals surface area contributed by atoms with Crippen LogP contribution < -0.4 is 0 Å². The predicted octanol–water partition coefficient (Wildman–Crippen LogP) is 2.94. The van der Waals surface area contributed by atoms with E-state index in [-0.39, 0.29) is 0 Å². The van der Waals surface area contributed by atoms with Crippen LogP contribution in [0, 0.1) is 6.08 Å². The second-order valence-electron chi connectivity index (χ2n) is 3.54. The fourth-order valence-corrected chi connectivity index (χ4v) is 1.64. The summed E-state index contributed by atoms with van der Waals surface area (Å²) >= 11 is 0. The van der Waals surface area contributed by atoms with Crippen LogP contribution in [0.2, 0.25) is 0 Å². The lowest BCUT2D eigenvalue weighted by Gasteiger charge is -1.98. The molecule has 3 rings (SSSR count). The van der Waals surface area contributed by atoms with Crippen molar-refractivity contribution in [1.29, 1.82) is 0 Å². The fraction of sp³-hybridized carbons (Fsp3) is 0. The molecule has 1 heterocycles. The van der Waals surface area contributed by atoms with Crippen LogP contribution in [0.1, 0.15) is 5.82 Å². The second kappa shape index (κ2) is 3.69. The van der Waals surface area contributed by atoms with Crippen LogP contribution in [0.5, 0.6) is 0 Å². The monoisotopic (exact) mass is 205 g/mol. The Hall–Kier alpha value is -2.31. The van der Waals surface area contributed by atoms with Crippen molar-refractivity contribution in [3.05, 3.63) is 66.7 Å². The summed E-state index contributed by atoms with van der Waals surface area (Å²) in [5.41, 5.74) is 1.96. The standard InChI is InChI=1S/C14H9N2/c1-2-6-11(7-3-1)14-15-10-12-8-4-5-9-13(12)16-14/h1-2,4-10H/q+1. The Balaban J connectivity index is 2.15. The molecule has 2 heteroatoms. The maximum atomic E-state index is 4.51. The predicted molar refractivity (Wildman–Crippen MR) is 64.5 cm³/mol. The summed E-state index contributed by atoms with van der Waals surface area (Å²) in [4.78, 5) is 8.86. The highest BCUT2D eigenvalue weighted by Gasteiger charge is 2.10. The zero-order chi connectivity index (χ0) is 10.8. The number of hydrogen-bond acceptors (Lipinski definition) is 2. The maximum absolute atomic E-state index is 4.51. The number of fused-ring (bicyclic) bond motifs is 1. The molecular formula is C14H9N2+. The van der Waals surface area contributed by atoms with Crippen LogP contribution in [0.3, 0.4) is 0 Å². The van der Waals surface area contributed by atoms with Gasteiger partial charge >= 0.3 is 0 Å². The van der Waals surface area contributed by atoms with Gasteiger partial charge in [-0.1, -0.05) is 18.2 Å². The van der Waals surface area contributed by atoms with E-state index in [0.717, 1.165) is 22.3 Å². The van der Waals surface area contributed by atoms with Crippen molar-refractivity contribution in [3.63, 3.8) is 0 Å². The zero-order valence-electron chi connectivity index (χ0n) is 8.59. The van der Waals surface area contributed by atoms with E-state index in [1.165, 1.54) is 0 Å². The molecule has 0 spiro atoms. The molecule has 0 saturated heterocycles. The largest absolute Gasteiger partial charge is 0.223 e. The molecule has 2 nitrogen and oxygen atoms in total. The average molecular weight is 205 g/mol. The van der Waals surface area contributed by atoms with Gasteiger partial charge in [-0.3, -0.25) is 0 Å². The molecule has 2 aromatic rings. The first-order chi connectivity index (χ1) is 7.93. The number of aromatic nitrogens is 2. The lowest BCUT2D eigenvalue weighted by atomic mass is 10.1. The fourth-order valence-electron chi connectivity index (χ4n) is 1.64. The van der Waals surface area contributed by atoms with E-state index in [0.29, 0.717) is 0 Å². The van der Waals surface area contributed by atoms with Crippen molar-refractivity contribution in [2.45, 2.75) is 0 Å². The van der Waals surface area contributed by atoms with Crippen LogP contribution in [-0.4, -0.2) is 9.97 Å². The summed E-state index contributed by atoms with van der Waals surface area (Å²) in [6, 6.07) is 7.97. The molecule has 0 saturated carbocycles. The highest BCUT2D eigenvalue weighted by atomic mass is 14.9. The van der Waals surface area contributed by atoms with Gasteiger partial charge in [-0.05, 0) is 6.07 Å². The summed E-state index contributed by atoms with van der Waals surface area (Å²) in [6.07, 6.45) is 12.6. The molecule has 0 bridgehead atoms. The number of nitrogens with zero attached hydrogens (tertiary/aromatic N) is 2. The van der Waals surface area contributed by atoms with Gasteiger partial charge in [0.25, 0.3) is 0 Å². The number of rotatable bonds is 1. The summed E-state index contributed by atoms with van der Waals surface area (Å²) in [6.45, 7) is 0. The molecule has 0 radical (unpaired) electrons. The second-order valence-corrected chi connectivity index (χ2v) is 3.54. The Morgan fingerprint density at radius 3 is 2.94 bits per heavy atom. The third kappa shape index (κ3) is 1.52. The molecule has 1 aliphatic rings. The van der Waals surface area contributed by atoms with Crippen LogP contribution >= 0.6 is 0 Å². The topological polar surface area (TPSA) is 25.8 Å². The first-order valence-electron chi connectivity index (χ1n) is 5.12. The van der Waals surface area contributed by atoms with Crippen molar-refractivity contribution in [2.24, 2.45) is 0 Å². The van der Waals surface area contributed by atoms with Crippen LogP contribution in [0.4, 0.5) is 0 Å². The van der Waals surface area contributed by atoms with Crippen LogP contribution in [0.15, 0.2) is 54.8 Å². The Morgan fingerprint density at radius 2 is 2.06 bits per heavy atom. The van der Waals surface area contributed by atoms with E-state index >= 15 is 0 Å². The summed E-state index contributed by atoms with van der Waals surface area (Å²) in [5, 5.41) is 1.06. The normalized spacial score (nSPS) is 13.6. The average Bonchev–Trinajstić information content (AvgIpc) is 2.39. The van der Waals surface area contributed by atoms with Gasteiger partial charge in [0, 0.05) is 23.7 Å². The molecule has 1 aromatic heterocycles. The minimum atomic E-state index is 0.746. The molecule has 74 valence electrons. The van der Waals surface area contributed by atoms with Crippen molar-refractivity contribution in [1.82, 2.24) is 9.97 Å². The summed E-state index contributed by atoms with van der Waals surface area (Å²) in [5.74, 6) is 0.746. The third-order valence-electron chi connectivity index (χ3n) is 2.45. The molecule has 0 amide bonds. The summed E-state index contributed by atoms with van der Waals surface area (Å²) in [7, 11) is 0. The van der Waals surface area contributed by atoms with Gasteiger partial charge in [0.05, 0.1) is 11.6 Å². The lowest BCUT2D eigenvalue weighted by Crippen LogP contribution is -1.93. The number of benzene rings is 1. The van der Waals surface area contributed by atoms with E-state index < -0.39 is 0 Å². The van der Waals surface area contributed by atoms with Gasteiger partial charge in [-0.2, -0.15) is 0 Å². The Bertz CT molecular complexity index is 621. The smallest absolute Gasteiger partial charge is 0.220 e. The molecular weight excluding hydrogens is 196 g/mol. The zero-order valence-corrected chi connectivity index (χ0v) is 8.59. The Labute approximate surface area is 93.7 Å². The first-order valence-corrected chi connectivity index (χ1v) is 5.12. The molecule has 0 aliphatic heterocycles. The Morgan fingerprint density at radius 1 is 1.12 bits per heavy atom. The molecule has 0 unspecified atom stereocenters. The minimum absolute atomic E-state index is 0.746. The van der Waals surface area contributed by atoms with Gasteiger partial charge in [-0.25, -0.2) is 9.97 Å². The van der Waals surface area contributed by atoms with Crippen molar-refractivity contribution in [3.8, 4) is 0 Å². The third-order valence-corrected chi connectivity index (χ3v) is 2.45. The first kappa shape index (κ1) is 8.96. The van der Waals surface area contributed by atoms with E-state index in [4.69, 9.17) is 0 Å². The molecule has 0 atom stereocenters. The van der Waals surface area contributed by atoms with Crippen molar-refractivity contribution >= 4 is 16.5 Å². The van der Waals surface area contributed by atoms with Gasteiger partial charge in [0.1, 0.15) is 17.7 Å². The SMILES string of the molecule is [C+]1=CC(c2ncc3ccccc3n2)=CC=C1. The lowest BCUT2D eigenvalue weighted by molar-refractivity contribution is 1.17. The highest BCUT2D eigenvalue weighted by Crippen LogP contribution is 2.17. The molecule has 1 aliphatic carbocycles. The van der Waals surface area contributed by atoms with E-state index in [1.54, 1.807) is 0 Å². The number of para-hydroxylation sites is 1. The quantitative estimate of drug-likeness (QED) is 0.669. The van der Waals surface area contributed by atoms with Crippen molar-refractivity contribution in [2.75, 3.05) is 0 Å². The van der Waals surface area contributed by atoms with Gasteiger partial charge < -0.3 is 0 Å². The van der Waals surface area contributed by atoms with E-state index in [9.17, 15) is 0 Å². The molecule has 1 aromatic carbocycles. The maximum Gasteiger partial charge on any atom is 0.220 e.